The molecule has 0 aromatic rings. The molecule has 3 aliphatic carbocycles. The van der Waals surface area contributed by atoms with Gasteiger partial charge in [0.15, 0.2) is 0 Å². The highest BCUT2D eigenvalue weighted by Gasteiger charge is 2.50. The van der Waals surface area contributed by atoms with E-state index in [1.807, 2.05) is 0 Å². The number of halogens is 3. The minimum Gasteiger partial charge on any atom is -0.393 e. The first-order valence-electron chi connectivity index (χ1n) is 12.6. The van der Waals surface area contributed by atoms with Crippen LogP contribution in [0.15, 0.2) is 23.3 Å². The quantitative estimate of drug-likeness (QED) is 0.394. The lowest BCUT2D eigenvalue weighted by Crippen LogP contribution is -2.37. The van der Waals surface area contributed by atoms with Gasteiger partial charge >= 0.3 is 15.5 Å². The summed E-state index contributed by atoms with van der Waals surface area (Å²) in [6.07, 6.45) is 12.7. The molecule has 196 valence electrons. The molecule has 0 aromatic carbocycles. The van der Waals surface area contributed by atoms with Crippen molar-refractivity contribution in [2.45, 2.75) is 102 Å². The van der Waals surface area contributed by atoms with Crippen LogP contribution >= 0.6 is 0 Å². The molecule has 0 bridgehead atoms. The van der Waals surface area contributed by atoms with Gasteiger partial charge in [-0.05, 0) is 81.0 Å². The van der Waals surface area contributed by atoms with E-state index in [-0.39, 0.29) is 12.0 Å². The average Bonchev–Trinajstić information content (AvgIpc) is 3.08. The third-order valence-electron chi connectivity index (χ3n) is 8.48. The van der Waals surface area contributed by atoms with Gasteiger partial charge in [-0.25, -0.2) is 13.1 Å². The lowest BCUT2D eigenvalue weighted by molar-refractivity contribution is -0.0447. The zero-order chi connectivity index (χ0) is 25.1. The first-order valence-corrected chi connectivity index (χ1v) is 14.1. The molecule has 0 radical (unpaired) electrons. The summed E-state index contributed by atoms with van der Waals surface area (Å²) in [6.45, 7) is 4.42. The molecule has 0 heterocycles. The molecule has 0 aliphatic heterocycles. The molecule has 0 spiro atoms. The van der Waals surface area contributed by atoms with Crippen LogP contribution in [0.25, 0.3) is 0 Å². The molecule has 6 atom stereocenters. The Kier molecular flexibility index (Phi) is 8.97. The van der Waals surface area contributed by atoms with Gasteiger partial charge in [-0.15, -0.1) is 0 Å². The number of rotatable bonds is 8. The summed E-state index contributed by atoms with van der Waals surface area (Å²) in [5.74, 6) is 1.48. The fourth-order valence-electron chi connectivity index (χ4n) is 6.83. The summed E-state index contributed by atoms with van der Waals surface area (Å²) in [5, 5.41) is 19.9. The van der Waals surface area contributed by atoms with Gasteiger partial charge in [-0.3, -0.25) is 0 Å². The zero-order valence-corrected chi connectivity index (χ0v) is 21.1. The minimum atomic E-state index is -5.26. The van der Waals surface area contributed by atoms with Crippen molar-refractivity contribution in [3.8, 4) is 0 Å². The predicted octanol–water partition coefficient (Wildman–Crippen LogP) is 5.21. The van der Waals surface area contributed by atoms with Crippen molar-refractivity contribution in [3.05, 3.63) is 23.3 Å². The van der Waals surface area contributed by atoms with Crippen molar-refractivity contribution < 1.29 is 31.8 Å². The van der Waals surface area contributed by atoms with Gasteiger partial charge in [0, 0.05) is 6.54 Å². The smallest absolute Gasteiger partial charge is 0.393 e. The first-order chi connectivity index (χ1) is 15.8. The molecule has 34 heavy (non-hydrogen) atoms. The summed E-state index contributed by atoms with van der Waals surface area (Å²) >= 11 is 0. The van der Waals surface area contributed by atoms with Crippen LogP contribution in [0.3, 0.4) is 0 Å². The summed E-state index contributed by atoms with van der Waals surface area (Å²) < 4.78 is 61.1. The Morgan fingerprint density at radius 3 is 2.47 bits per heavy atom. The Morgan fingerprint density at radius 2 is 1.82 bits per heavy atom. The van der Waals surface area contributed by atoms with Gasteiger partial charge in [0.25, 0.3) is 0 Å². The van der Waals surface area contributed by atoms with E-state index >= 15 is 0 Å². The maximum atomic E-state index is 12.4. The third kappa shape index (κ3) is 6.45. The van der Waals surface area contributed by atoms with Gasteiger partial charge in [0.05, 0.1) is 12.2 Å². The Hall–Kier alpha value is -0.900. The van der Waals surface area contributed by atoms with E-state index < -0.39 is 27.7 Å². The minimum absolute atomic E-state index is 0.190. The Bertz CT molecular complexity index is 858. The number of nitrogens with one attached hydrogen (secondary N) is 1. The number of unbranched alkanes of at least 4 members (excludes halogenated alkanes) is 1. The number of sulfonamides is 1. The van der Waals surface area contributed by atoms with Crippen LogP contribution in [0.4, 0.5) is 13.2 Å². The monoisotopic (exact) mass is 507 g/mol. The van der Waals surface area contributed by atoms with Gasteiger partial charge in [-0.2, -0.15) is 13.2 Å². The number of allylic oxidation sites excluding steroid dienone is 3. The van der Waals surface area contributed by atoms with E-state index in [1.165, 1.54) is 12.0 Å². The molecule has 3 saturated carbocycles. The molecule has 3 N–H and O–H groups in total. The second-order valence-electron chi connectivity index (χ2n) is 10.9. The van der Waals surface area contributed by atoms with Crippen LogP contribution in [0, 0.1) is 23.2 Å². The number of hydrogen-bond acceptors (Lipinski definition) is 4. The van der Waals surface area contributed by atoms with Crippen LogP contribution < -0.4 is 4.72 Å². The van der Waals surface area contributed by atoms with Crippen molar-refractivity contribution in [2.75, 3.05) is 6.54 Å². The van der Waals surface area contributed by atoms with E-state index in [2.05, 4.69) is 26.0 Å². The molecular formula is C25H40F3NO4S. The number of alkyl halides is 3. The zero-order valence-electron chi connectivity index (χ0n) is 20.3. The van der Waals surface area contributed by atoms with Crippen LogP contribution in [0.5, 0.6) is 0 Å². The van der Waals surface area contributed by atoms with Gasteiger partial charge < -0.3 is 10.2 Å². The highest BCUT2D eigenvalue weighted by Crippen LogP contribution is 2.59. The van der Waals surface area contributed by atoms with Crippen LogP contribution in [0.2, 0.25) is 0 Å². The molecule has 0 aromatic heterocycles. The number of aliphatic hydroxyl groups is 2. The second kappa shape index (κ2) is 11.0. The number of hydrogen-bond donors (Lipinski definition) is 3. The Morgan fingerprint density at radius 1 is 1.15 bits per heavy atom. The van der Waals surface area contributed by atoms with E-state index in [0.29, 0.717) is 49.9 Å². The van der Waals surface area contributed by atoms with Crippen molar-refractivity contribution in [3.63, 3.8) is 0 Å². The van der Waals surface area contributed by atoms with Crippen molar-refractivity contribution in [2.24, 2.45) is 23.2 Å². The van der Waals surface area contributed by atoms with Gasteiger partial charge in [0.1, 0.15) is 0 Å². The van der Waals surface area contributed by atoms with E-state index in [0.717, 1.165) is 37.7 Å². The third-order valence-corrected chi connectivity index (χ3v) is 9.67. The molecule has 9 heteroatoms. The lowest BCUT2D eigenvalue weighted by atomic mass is 9.60. The molecule has 0 amide bonds. The molecule has 0 saturated heterocycles. The lowest BCUT2D eigenvalue weighted by Gasteiger charge is -2.44. The maximum absolute atomic E-state index is 12.4. The largest absolute Gasteiger partial charge is 0.511 e. The Labute approximate surface area is 201 Å². The van der Waals surface area contributed by atoms with Gasteiger partial charge in [0.2, 0.25) is 0 Å². The van der Waals surface area contributed by atoms with Crippen LogP contribution in [-0.4, -0.2) is 42.9 Å². The molecule has 0 unspecified atom stereocenters. The maximum Gasteiger partial charge on any atom is 0.511 e. The fourth-order valence-corrected chi connectivity index (χ4v) is 7.40. The van der Waals surface area contributed by atoms with Gasteiger partial charge in [-0.1, -0.05) is 50.0 Å². The molecular weight excluding hydrogens is 467 g/mol. The molecule has 3 rings (SSSR count). The molecule has 5 nitrogen and oxygen atoms in total. The van der Waals surface area contributed by atoms with Crippen LogP contribution in [-0.2, 0) is 10.0 Å². The van der Waals surface area contributed by atoms with Crippen molar-refractivity contribution in [1.29, 1.82) is 0 Å². The second-order valence-corrected chi connectivity index (χ2v) is 12.7. The summed E-state index contributed by atoms with van der Waals surface area (Å²) in [6, 6.07) is 0. The van der Waals surface area contributed by atoms with Crippen molar-refractivity contribution >= 4 is 10.0 Å². The summed E-state index contributed by atoms with van der Waals surface area (Å²) in [4.78, 5) is 0. The Balaban J connectivity index is 1.55. The number of aliphatic hydroxyl groups excluding tert-OH is 2. The van der Waals surface area contributed by atoms with E-state index in [4.69, 9.17) is 0 Å². The predicted molar refractivity (Wildman–Crippen MR) is 126 cm³/mol. The SMILES string of the molecule is C[C@H](CCCCNS(=O)(=O)C(F)(F)F)[C@H]1CC[C@H]2/C(=C\C=C3C[C@@H](O)C[C@H](O)C3)CCC[C@]12C. The molecule has 3 aliphatic rings. The standard InChI is InChI=1S/C25H40F3NO4S/c1-17(6-3-4-13-29-34(32,33)25(26,27)28)22-10-11-23-19(7-5-12-24(22,23)2)9-8-18-14-20(30)16-21(31)15-18/h8-9,17,20-23,29-31H,3-7,10-16H2,1-2H3/b19-9-/t17-,20-,21-,22-,23+,24-/m1/s1. The normalized spacial score (nSPS) is 34.8. The van der Waals surface area contributed by atoms with Crippen molar-refractivity contribution in [1.82, 2.24) is 4.72 Å². The first kappa shape index (κ1) is 27.7. The fraction of sp³-hybridized carbons (Fsp3) is 0.840. The summed E-state index contributed by atoms with van der Waals surface area (Å²) in [5.41, 5.74) is -2.49. The highest BCUT2D eigenvalue weighted by molar-refractivity contribution is 7.90. The number of fused-ring (bicyclic) bond motifs is 1. The topological polar surface area (TPSA) is 86.6 Å². The molecule has 3 fully saturated rings. The highest BCUT2D eigenvalue weighted by atomic mass is 32.2. The van der Waals surface area contributed by atoms with E-state index in [1.54, 1.807) is 4.72 Å². The van der Waals surface area contributed by atoms with Crippen LogP contribution in [0.1, 0.15) is 84.5 Å². The summed E-state index contributed by atoms with van der Waals surface area (Å²) in [7, 11) is -5.25. The average molecular weight is 508 g/mol. The van der Waals surface area contributed by atoms with E-state index in [9.17, 15) is 31.8 Å².